The normalized spacial score (nSPS) is 14.6. The molecule has 1 aliphatic heterocycles. The van der Waals surface area contributed by atoms with Gasteiger partial charge in [0.1, 0.15) is 11.6 Å². The molecular weight excluding hydrogens is 420 g/mol. The highest BCUT2D eigenvalue weighted by atomic mass is 16.2. The monoisotopic (exact) mass is 450 g/mol. The van der Waals surface area contributed by atoms with Crippen LogP contribution < -0.4 is 5.32 Å². The van der Waals surface area contributed by atoms with Crippen molar-refractivity contribution in [3.05, 3.63) is 113 Å². The molecule has 0 radical (unpaired) electrons. The van der Waals surface area contributed by atoms with Gasteiger partial charge in [0.05, 0.1) is 6.04 Å². The van der Waals surface area contributed by atoms with Gasteiger partial charge in [-0.1, -0.05) is 72.8 Å². The second-order valence-corrected chi connectivity index (χ2v) is 8.61. The Kier molecular flexibility index (Phi) is 7.41. The first-order valence-electron chi connectivity index (χ1n) is 11.6. The summed E-state index contributed by atoms with van der Waals surface area (Å²) in [5.41, 5.74) is 5.76. The lowest BCUT2D eigenvalue weighted by molar-refractivity contribution is -0.128. The summed E-state index contributed by atoms with van der Waals surface area (Å²) in [7, 11) is 0. The average molecular weight is 451 g/mol. The molecule has 0 unspecified atom stereocenters. The van der Waals surface area contributed by atoms with Crippen LogP contribution in [0.1, 0.15) is 28.3 Å². The van der Waals surface area contributed by atoms with E-state index in [2.05, 4.69) is 64.8 Å². The molecule has 4 rings (SSSR count). The number of carbonyl (C=O) groups is 1. The summed E-state index contributed by atoms with van der Waals surface area (Å²) in [6.45, 7) is 6.70. The fourth-order valence-corrected chi connectivity index (χ4v) is 4.44. The first-order chi connectivity index (χ1) is 16.6. The molecule has 0 aliphatic carbocycles. The largest absolute Gasteiger partial charge is 0.360 e. The Morgan fingerprint density at radius 2 is 1.47 bits per heavy atom. The van der Waals surface area contributed by atoms with Crippen LogP contribution in [0.15, 0.2) is 90.6 Å². The molecule has 0 aromatic heterocycles. The van der Waals surface area contributed by atoms with Crippen LogP contribution in [0, 0.1) is 25.2 Å². The van der Waals surface area contributed by atoms with Gasteiger partial charge in [0, 0.05) is 38.1 Å². The van der Waals surface area contributed by atoms with Crippen molar-refractivity contribution in [3.63, 3.8) is 0 Å². The van der Waals surface area contributed by atoms with Gasteiger partial charge in [0.2, 0.25) is 0 Å². The summed E-state index contributed by atoms with van der Waals surface area (Å²) in [5.74, 6) is -0.226. The van der Waals surface area contributed by atoms with Crippen molar-refractivity contribution in [1.82, 2.24) is 9.80 Å². The van der Waals surface area contributed by atoms with E-state index in [1.165, 1.54) is 17.3 Å². The SMILES string of the molecule is Cc1cccc(N/C=C(/C#N)C(=O)N2CCN(C(c3ccccc3)c3ccccc3)CC2)c1C. The van der Waals surface area contributed by atoms with Gasteiger partial charge in [-0.2, -0.15) is 5.26 Å². The number of piperazine rings is 1. The molecule has 0 atom stereocenters. The second kappa shape index (κ2) is 10.8. The first kappa shape index (κ1) is 23.3. The van der Waals surface area contributed by atoms with Crippen LogP contribution in [0.2, 0.25) is 0 Å². The summed E-state index contributed by atoms with van der Waals surface area (Å²) >= 11 is 0. The summed E-state index contributed by atoms with van der Waals surface area (Å²) in [6.07, 6.45) is 1.53. The van der Waals surface area contributed by atoms with E-state index in [9.17, 15) is 10.1 Å². The third-order valence-corrected chi connectivity index (χ3v) is 6.52. The molecule has 3 aromatic carbocycles. The first-order valence-corrected chi connectivity index (χ1v) is 11.6. The van der Waals surface area contributed by atoms with E-state index in [0.717, 1.165) is 29.9 Å². The predicted molar refractivity (Wildman–Crippen MR) is 136 cm³/mol. The summed E-state index contributed by atoms with van der Waals surface area (Å²) in [4.78, 5) is 17.3. The number of nitriles is 1. The van der Waals surface area contributed by atoms with Gasteiger partial charge in [-0.15, -0.1) is 0 Å². The Morgan fingerprint density at radius 3 is 2.03 bits per heavy atom. The maximum atomic E-state index is 13.1. The maximum absolute atomic E-state index is 13.1. The number of hydrogen-bond donors (Lipinski definition) is 1. The Labute approximate surface area is 201 Å². The molecular formula is C29H30N4O. The van der Waals surface area contributed by atoms with E-state index in [-0.39, 0.29) is 17.5 Å². The smallest absolute Gasteiger partial charge is 0.266 e. The number of rotatable bonds is 6. The molecule has 1 fully saturated rings. The molecule has 0 spiro atoms. The Hall–Kier alpha value is -3.88. The third-order valence-electron chi connectivity index (χ3n) is 6.52. The molecule has 3 aromatic rings. The van der Waals surface area contributed by atoms with Crippen molar-refractivity contribution in [1.29, 1.82) is 5.26 Å². The lowest BCUT2D eigenvalue weighted by atomic mass is 9.96. The number of carbonyl (C=O) groups excluding carboxylic acids is 1. The van der Waals surface area contributed by atoms with Crippen LogP contribution in [0.3, 0.4) is 0 Å². The molecule has 1 saturated heterocycles. The van der Waals surface area contributed by atoms with E-state index in [1.807, 2.05) is 44.2 Å². The summed E-state index contributed by atoms with van der Waals surface area (Å²) in [5, 5.41) is 12.8. The molecule has 5 heteroatoms. The molecule has 172 valence electrons. The average Bonchev–Trinajstić information content (AvgIpc) is 2.88. The fraction of sp³-hybridized carbons (Fsp3) is 0.241. The van der Waals surface area contributed by atoms with Crippen LogP contribution >= 0.6 is 0 Å². The zero-order chi connectivity index (χ0) is 23.9. The lowest BCUT2D eigenvalue weighted by Crippen LogP contribution is -2.50. The quantitative estimate of drug-likeness (QED) is 0.421. The molecule has 34 heavy (non-hydrogen) atoms. The maximum Gasteiger partial charge on any atom is 0.266 e. The van der Waals surface area contributed by atoms with Gasteiger partial charge in [-0.05, 0) is 42.2 Å². The van der Waals surface area contributed by atoms with Crippen molar-refractivity contribution in [2.45, 2.75) is 19.9 Å². The predicted octanol–water partition coefficient (Wildman–Crippen LogP) is 5.06. The molecule has 1 N–H and O–H groups in total. The number of aryl methyl sites for hydroxylation is 1. The Bertz CT molecular complexity index is 1150. The zero-order valence-corrected chi connectivity index (χ0v) is 19.7. The number of amides is 1. The Morgan fingerprint density at radius 1 is 0.882 bits per heavy atom. The van der Waals surface area contributed by atoms with E-state index in [1.54, 1.807) is 4.90 Å². The number of anilines is 1. The van der Waals surface area contributed by atoms with Gasteiger partial charge < -0.3 is 10.2 Å². The van der Waals surface area contributed by atoms with Gasteiger partial charge in [-0.25, -0.2) is 0 Å². The van der Waals surface area contributed by atoms with Crippen molar-refractivity contribution in [2.75, 3.05) is 31.5 Å². The summed E-state index contributed by atoms with van der Waals surface area (Å²) in [6, 6.07) is 29.1. The van der Waals surface area contributed by atoms with Crippen molar-refractivity contribution in [3.8, 4) is 6.07 Å². The van der Waals surface area contributed by atoms with Gasteiger partial charge >= 0.3 is 0 Å². The highest BCUT2D eigenvalue weighted by molar-refractivity contribution is 5.97. The minimum Gasteiger partial charge on any atom is -0.360 e. The van der Waals surface area contributed by atoms with Gasteiger partial charge in [0.25, 0.3) is 5.91 Å². The molecule has 5 nitrogen and oxygen atoms in total. The molecule has 1 amide bonds. The minimum atomic E-state index is -0.226. The third kappa shape index (κ3) is 5.19. The van der Waals surface area contributed by atoms with Crippen LogP contribution in [0.5, 0.6) is 0 Å². The van der Waals surface area contributed by atoms with E-state index in [0.29, 0.717) is 13.1 Å². The topological polar surface area (TPSA) is 59.4 Å². The molecule has 0 bridgehead atoms. The molecule has 1 heterocycles. The van der Waals surface area contributed by atoms with Gasteiger partial charge in [0.15, 0.2) is 0 Å². The van der Waals surface area contributed by atoms with Crippen LogP contribution in [-0.4, -0.2) is 41.9 Å². The second-order valence-electron chi connectivity index (χ2n) is 8.61. The number of benzene rings is 3. The fourth-order valence-electron chi connectivity index (χ4n) is 4.44. The van der Waals surface area contributed by atoms with Crippen LogP contribution in [0.25, 0.3) is 0 Å². The lowest BCUT2D eigenvalue weighted by Gasteiger charge is -2.39. The van der Waals surface area contributed by atoms with Crippen LogP contribution in [0.4, 0.5) is 5.69 Å². The number of hydrogen-bond acceptors (Lipinski definition) is 4. The Balaban J connectivity index is 1.46. The van der Waals surface area contributed by atoms with Crippen molar-refractivity contribution >= 4 is 11.6 Å². The highest BCUT2D eigenvalue weighted by Crippen LogP contribution is 2.29. The number of nitrogens with zero attached hydrogens (tertiary/aromatic N) is 3. The van der Waals surface area contributed by atoms with Crippen molar-refractivity contribution in [2.24, 2.45) is 0 Å². The number of nitrogens with one attached hydrogen (secondary N) is 1. The molecule has 0 saturated carbocycles. The van der Waals surface area contributed by atoms with Gasteiger partial charge in [-0.3, -0.25) is 9.69 Å². The minimum absolute atomic E-state index is 0.122. The van der Waals surface area contributed by atoms with Crippen molar-refractivity contribution < 1.29 is 4.79 Å². The standard InChI is InChI=1S/C29H30N4O/c1-22-10-9-15-27(23(22)2)31-21-26(20-30)29(34)33-18-16-32(17-19-33)28(24-11-5-3-6-12-24)25-13-7-4-8-14-25/h3-15,21,28,31H,16-19H2,1-2H3/b26-21-. The highest BCUT2D eigenvalue weighted by Gasteiger charge is 2.29. The molecule has 1 aliphatic rings. The van der Waals surface area contributed by atoms with E-state index < -0.39 is 0 Å². The van der Waals surface area contributed by atoms with E-state index >= 15 is 0 Å². The zero-order valence-electron chi connectivity index (χ0n) is 19.7. The summed E-state index contributed by atoms with van der Waals surface area (Å²) < 4.78 is 0. The van der Waals surface area contributed by atoms with E-state index in [4.69, 9.17) is 0 Å². The van der Waals surface area contributed by atoms with Crippen LogP contribution in [-0.2, 0) is 4.79 Å².